The van der Waals surface area contributed by atoms with Crippen molar-refractivity contribution in [2.24, 2.45) is 0 Å². The number of hydrogen-bond acceptors (Lipinski definition) is 5. The van der Waals surface area contributed by atoms with E-state index >= 15 is 0 Å². The maximum absolute atomic E-state index is 12.9. The second kappa shape index (κ2) is 7.73. The van der Waals surface area contributed by atoms with Crippen LogP contribution in [0.1, 0.15) is 16.5 Å². The molecule has 2 heterocycles. The number of rotatable bonds is 4. The van der Waals surface area contributed by atoms with E-state index in [-0.39, 0.29) is 11.3 Å². The van der Waals surface area contributed by atoms with Gasteiger partial charge in [0.1, 0.15) is 17.6 Å². The first-order valence-corrected chi connectivity index (χ1v) is 10.0. The Morgan fingerprint density at radius 3 is 2.34 bits per heavy atom. The van der Waals surface area contributed by atoms with E-state index in [2.05, 4.69) is 0 Å². The molecule has 1 aromatic heterocycles. The lowest BCUT2D eigenvalue weighted by Gasteiger charge is -2.24. The fraction of sp³-hybridized carbons (Fsp3) is 0.0909. The minimum absolute atomic E-state index is 0.0533. The number of ether oxygens (including phenoxy) is 1. The topological polar surface area (TPSA) is 66.8 Å². The summed E-state index contributed by atoms with van der Waals surface area (Å²) in [7, 11) is 1.54. The largest absolute Gasteiger partial charge is 0.507 e. The van der Waals surface area contributed by atoms with Crippen molar-refractivity contribution in [2.45, 2.75) is 6.04 Å². The highest BCUT2D eigenvalue weighted by Crippen LogP contribution is 2.43. The minimum Gasteiger partial charge on any atom is -0.507 e. The maximum Gasteiger partial charge on any atom is 0.300 e. The second-order valence-corrected chi connectivity index (χ2v) is 7.81. The van der Waals surface area contributed by atoms with E-state index in [4.69, 9.17) is 16.3 Å². The van der Waals surface area contributed by atoms with E-state index in [1.165, 1.54) is 16.2 Å². The number of methoxy groups -OCH3 is 1. The summed E-state index contributed by atoms with van der Waals surface area (Å²) < 4.78 is 5.14. The molecule has 5 nitrogen and oxygen atoms in total. The highest BCUT2D eigenvalue weighted by atomic mass is 35.5. The molecule has 7 heteroatoms. The first-order valence-electron chi connectivity index (χ1n) is 8.75. The van der Waals surface area contributed by atoms with Gasteiger partial charge in [-0.1, -0.05) is 17.7 Å². The molecule has 0 radical (unpaired) electrons. The molecule has 1 N–H and O–H groups in total. The van der Waals surface area contributed by atoms with Crippen LogP contribution in [0.15, 0.2) is 71.6 Å². The van der Waals surface area contributed by atoms with Gasteiger partial charge < -0.3 is 9.84 Å². The summed E-state index contributed by atoms with van der Waals surface area (Å²) >= 11 is 7.39. The molecule has 1 aliphatic heterocycles. The summed E-state index contributed by atoms with van der Waals surface area (Å²) in [4.78, 5) is 28.0. The highest BCUT2D eigenvalue weighted by Gasteiger charge is 2.47. The molecule has 1 unspecified atom stereocenters. The third-order valence-corrected chi connectivity index (χ3v) is 5.90. The first-order chi connectivity index (χ1) is 14.0. The van der Waals surface area contributed by atoms with E-state index in [9.17, 15) is 14.7 Å². The molecule has 0 bridgehead atoms. The third-order valence-electron chi connectivity index (χ3n) is 4.73. The number of hydrogen-bond donors (Lipinski definition) is 1. The van der Waals surface area contributed by atoms with Crippen LogP contribution in [0.2, 0.25) is 5.02 Å². The monoisotopic (exact) mass is 425 g/mol. The number of aliphatic hydroxyl groups is 1. The number of carbonyl (C=O) groups is 2. The van der Waals surface area contributed by atoms with Gasteiger partial charge in [0.05, 0.1) is 12.7 Å². The molecule has 0 saturated carbocycles. The molecule has 1 aliphatic rings. The third kappa shape index (κ3) is 3.41. The van der Waals surface area contributed by atoms with Gasteiger partial charge in [-0.25, -0.2) is 0 Å². The van der Waals surface area contributed by atoms with Gasteiger partial charge in [0.15, 0.2) is 0 Å². The van der Waals surface area contributed by atoms with Crippen LogP contribution in [0.5, 0.6) is 5.75 Å². The summed E-state index contributed by atoms with van der Waals surface area (Å²) in [5, 5.41) is 13.4. The van der Waals surface area contributed by atoms with Gasteiger partial charge >= 0.3 is 0 Å². The van der Waals surface area contributed by atoms with Crippen molar-refractivity contribution in [3.05, 3.63) is 87.1 Å². The number of halogens is 1. The number of benzene rings is 2. The summed E-state index contributed by atoms with van der Waals surface area (Å²) in [6.07, 6.45) is 0. The van der Waals surface area contributed by atoms with Gasteiger partial charge in [-0.15, -0.1) is 11.3 Å². The lowest BCUT2D eigenvalue weighted by Crippen LogP contribution is -2.29. The average Bonchev–Trinajstić information content (AvgIpc) is 3.36. The second-order valence-electron chi connectivity index (χ2n) is 6.39. The van der Waals surface area contributed by atoms with Gasteiger partial charge in [-0.05, 0) is 60.0 Å². The summed E-state index contributed by atoms with van der Waals surface area (Å²) in [5.74, 6) is -1.02. The molecular formula is C22H16ClNO4S. The zero-order valence-corrected chi connectivity index (χ0v) is 16.9. The van der Waals surface area contributed by atoms with E-state index in [0.29, 0.717) is 22.0 Å². The van der Waals surface area contributed by atoms with Crippen LogP contribution in [-0.2, 0) is 9.59 Å². The normalized spacial score (nSPS) is 18.3. The predicted molar refractivity (Wildman–Crippen MR) is 114 cm³/mol. The Morgan fingerprint density at radius 1 is 1.07 bits per heavy atom. The number of ketones is 1. The van der Waals surface area contributed by atoms with Crippen LogP contribution in [0.25, 0.3) is 5.76 Å². The Hall–Kier alpha value is -3.09. The Balaban J connectivity index is 1.88. The van der Waals surface area contributed by atoms with Crippen molar-refractivity contribution in [1.29, 1.82) is 0 Å². The number of thiophene rings is 1. The average molecular weight is 426 g/mol. The lowest BCUT2D eigenvalue weighted by molar-refractivity contribution is -0.132. The van der Waals surface area contributed by atoms with Gasteiger partial charge in [-0.3, -0.25) is 14.5 Å². The first kappa shape index (κ1) is 19.2. The van der Waals surface area contributed by atoms with E-state index in [1.54, 1.807) is 55.6 Å². The molecule has 0 aliphatic carbocycles. The molecule has 1 fully saturated rings. The SMILES string of the molecule is COc1ccc(/C(O)=C2/C(=O)C(=O)N(c3ccc(Cl)cc3)C2c2cccs2)cc1. The number of anilines is 1. The Kier molecular flexibility index (Phi) is 5.13. The molecule has 2 aromatic carbocycles. The van der Waals surface area contributed by atoms with Gasteiger partial charge in [0, 0.05) is 21.2 Å². The molecule has 29 heavy (non-hydrogen) atoms. The Bertz CT molecular complexity index is 1090. The lowest BCUT2D eigenvalue weighted by atomic mass is 9.99. The summed E-state index contributed by atoms with van der Waals surface area (Å²) in [6.45, 7) is 0. The van der Waals surface area contributed by atoms with Crippen molar-refractivity contribution in [3.8, 4) is 5.75 Å². The van der Waals surface area contributed by atoms with Crippen molar-refractivity contribution in [1.82, 2.24) is 0 Å². The van der Waals surface area contributed by atoms with E-state index in [0.717, 1.165) is 4.88 Å². The van der Waals surface area contributed by atoms with Crippen molar-refractivity contribution in [2.75, 3.05) is 12.0 Å². The van der Waals surface area contributed by atoms with Crippen LogP contribution in [0.4, 0.5) is 5.69 Å². The fourth-order valence-electron chi connectivity index (χ4n) is 3.32. The van der Waals surface area contributed by atoms with Crippen LogP contribution in [-0.4, -0.2) is 23.9 Å². The number of aliphatic hydroxyl groups excluding tert-OH is 1. The predicted octanol–water partition coefficient (Wildman–Crippen LogP) is 5.04. The Labute approximate surface area is 176 Å². The number of Topliss-reactive ketones (excluding diaryl/α,β-unsaturated/α-hetero) is 1. The van der Waals surface area contributed by atoms with E-state index in [1.807, 2.05) is 17.5 Å². The minimum atomic E-state index is -0.730. The van der Waals surface area contributed by atoms with Gasteiger partial charge in [0.25, 0.3) is 11.7 Å². The summed E-state index contributed by atoms with van der Waals surface area (Å²) in [6, 6.07) is 16.3. The molecule has 146 valence electrons. The number of amides is 1. The van der Waals surface area contributed by atoms with Crippen LogP contribution < -0.4 is 9.64 Å². The molecular weight excluding hydrogens is 410 g/mol. The van der Waals surface area contributed by atoms with Crippen LogP contribution in [0, 0.1) is 0 Å². The molecule has 1 saturated heterocycles. The zero-order chi connectivity index (χ0) is 20.5. The van der Waals surface area contributed by atoms with Crippen molar-refractivity contribution >= 4 is 46.1 Å². The standard InChI is InChI=1S/C22H16ClNO4S/c1-28-16-10-4-13(5-11-16)20(25)18-19(17-3-2-12-29-17)24(22(27)21(18)26)15-8-6-14(23)7-9-15/h2-12,19,25H,1H3/b20-18-. The smallest absolute Gasteiger partial charge is 0.300 e. The highest BCUT2D eigenvalue weighted by molar-refractivity contribution is 7.10. The quantitative estimate of drug-likeness (QED) is 0.361. The molecule has 1 amide bonds. The van der Waals surface area contributed by atoms with Crippen molar-refractivity contribution in [3.63, 3.8) is 0 Å². The number of nitrogens with zero attached hydrogens (tertiary/aromatic N) is 1. The Morgan fingerprint density at radius 2 is 1.76 bits per heavy atom. The summed E-state index contributed by atoms with van der Waals surface area (Å²) in [5.41, 5.74) is 1.02. The zero-order valence-electron chi connectivity index (χ0n) is 15.3. The van der Waals surface area contributed by atoms with Crippen LogP contribution >= 0.6 is 22.9 Å². The van der Waals surface area contributed by atoms with E-state index < -0.39 is 17.7 Å². The maximum atomic E-state index is 12.9. The molecule has 0 spiro atoms. The van der Waals surface area contributed by atoms with Gasteiger partial charge in [-0.2, -0.15) is 0 Å². The number of carbonyl (C=O) groups excluding carboxylic acids is 2. The van der Waals surface area contributed by atoms with Gasteiger partial charge in [0.2, 0.25) is 0 Å². The molecule has 4 rings (SSSR count). The fourth-order valence-corrected chi connectivity index (χ4v) is 4.27. The molecule has 3 aromatic rings. The molecule has 1 atom stereocenters. The van der Waals surface area contributed by atoms with Crippen LogP contribution in [0.3, 0.4) is 0 Å². The van der Waals surface area contributed by atoms with Crippen molar-refractivity contribution < 1.29 is 19.4 Å².